The normalized spacial score (nSPS) is 11.1. The van der Waals surface area contributed by atoms with Crippen LogP contribution in [0.3, 0.4) is 0 Å². The average molecular weight is 278 g/mol. The van der Waals surface area contributed by atoms with Gasteiger partial charge in [0.15, 0.2) is 0 Å². The predicted molar refractivity (Wildman–Crippen MR) is 87.3 cm³/mol. The summed E-state index contributed by atoms with van der Waals surface area (Å²) in [4.78, 5) is 9.56. The number of anilines is 1. The van der Waals surface area contributed by atoms with Crippen LogP contribution in [0.2, 0.25) is 0 Å². The van der Waals surface area contributed by atoms with Crippen LogP contribution in [0.25, 0.3) is 0 Å². The van der Waals surface area contributed by atoms with Crippen LogP contribution in [0.15, 0.2) is 18.2 Å². The largest absolute Gasteiger partial charge is 0.357 e. The number of hydrogen-bond acceptors (Lipinski definition) is 4. The van der Waals surface area contributed by atoms with Crippen molar-refractivity contribution >= 4 is 5.82 Å². The molecule has 0 bridgehead atoms. The van der Waals surface area contributed by atoms with Gasteiger partial charge in [-0.25, -0.2) is 4.98 Å². The molecule has 1 aromatic heterocycles. The lowest BCUT2D eigenvalue weighted by molar-refractivity contribution is 0.300. The summed E-state index contributed by atoms with van der Waals surface area (Å²) in [5, 5.41) is 3.15. The van der Waals surface area contributed by atoms with Crippen molar-refractivity contribution in [2.75, 3.05) is 44.7 Å². The van der Waals surface area contributed by atoms with Gasteiger partial charge in [0, 0.05) is 19.6 Å². The van der Waals surface area contributed by atoms with Crippen molar-refractivity contribution in [3.8, 4) is 0 Å². The van der Waals surface area contributed by atoms with E-state index in [0.717, 1.165) is 44.2 Å². The maximum Gasteiger partial charge on any atom is 0.128 e. The average Bonchev–Trinajstić information content (AvgIpc) is 2.48. The van der Waals surface area contributed by atoms with E-state index < -0.39 is 0 Å². The minimum atomic E-state index is 0.824. The van der Waals surface area contributed by atoms with E-state index >= 15 is 0 Å². The summed E-state index contributed by atoms with van der Waals surface area (Å²) in [6.07, 6.45) is 1.19. The number of pyridine rings is 1. The van der Waals surface area contributed by atoms with Gasteiger partial charge in [0.1, 0.15) is 5.82 Å². The Balaban J connectivity index is 2.54. The lowest BCUT2D eigenvalue weighted by Gasteiger charge is -2.24. The van der Waals surface area contributed by atoms with Gasteiger partial charge in [0.25, 0.3) is 0 Å². The SMILES string of the molecule is CCN(CC)CCCN(CC)c1cccc(CNC)n1. The van der Waals surface area contributed by atoms with Crippen molar-refractivity contribution in [3.63, 3.8) is 0 Å². The number of nitrogens with one attached hydrogen (secondary N) is 1. The number of nitrogens with zero attached hydrogens (tertiary/aromatic N) is 3. The third-order valence-electron chi connectivity index (χ3n) is 3.65. The zero-order valence-corrected chi connectivity index (χ0v) is 13.5. The molecule has 1 N–H and O–H groups in total. The molecule has 1 rings (SSSR count). The van der Waals surface area contributed by atoms with Gasteiger partial charge in [-0.3, -0.25) is 0 Å². The van der Waals surface area contributed by atoms with Crippen LogP contribution in [0.5, 0.6) is 0 Å². The molecule has 4 heteroatoms. The quantitative estimate of drug-likeness (QED) is 0.712. The third kappa shape index (κ3) is 5.47. The molecule has 0 aliphatic heterocycles. The Hall–Kier alpha value is -1.13. The molecule has 0 aliphatic rings. The Kier molecular flexibility index (Phi) is 8.23. The first kappa shape index (κ1) is 16.9. The molecule has 20 heavy (non-hydrogen) atoms. The van der Waals surface area contributed by atoms with Crippen molar-refractivity contribution in [1.82, 2.24) is 15.2 Å². The van der Waals surface area contributed by atoms with Crippen LogP contribution in [0.4, 0.5) is 5.82 Å². The minimum Gasteiger partial charge on any atom is -0.357 e. The number of hydrogen-bond donors (Lipinski definition) is 1. The summed E-state index contributed by atoms with van der Waals surface area (Å²) in [7, 11) is 1.95. The van der Waals surface area contributed by atoms with Gasteiger partial charge in [-0.1, -0.05) is 19.9 Å². The summed E-state index contributed by atoms with van der Waals surface area (Å²) in [6.45, 7) is 13.0. The highest BCUT2D eigenvalue weighted by molar-refractivity contribution is 5.39. The first-order valence-corrected chi connectivity index (χ1v) is 7.82. The van der Waals surface area contributed by atoms with E-state index in [1.165, 1.54) is 13.0 Å². The molecule has 0 amide bonds. The molecule has 1 aromatic rings. The summed E-state index contributed by atoms with van der Waals surface area (Å²) >= 11 is 0. The zero-order chi connectivity index (χ0) is 14.8. The van der Waals surface area contributed by atoms with E-state index in [4.69, 9.17) is 4.98 Å². The van der Waals surface area contributed by atoms with E-state index in [2.05, 4.69) is 54.1 Å². The van der Waals surface area contributed by atoms with E-state index in [-0.39, 0.29) is 0 Å². The molecule has 4 nitrogen and oxygen atoms in total. The van der Waals surface area contributed by atoms with Crippen molar-refractivity contribution in [2.24, 2.45) is 0 Å². The van der Waals surface area contributed by atoms with Crippen LogP contribution < -0.4 is 10.2 Å². The van der Waals surface area contributed by atoms with Gasteiger partial charge < -0.3 is 15.1 Å². The van der Waals surface area contributed by atoms with Gasteiger partial charge >= 0.3 is 0 Å². The maximum absolute atomic E-state index is 4.72. The number of rotatable bonds is 10. The zero-order valence-electron chi connectivity index (χ0n) is 13.5. The molecule has 0 radical (unpaired) electrons. The van der Waals surface area contributed by atoms with Crippen LogP contribution in [0.1, 0.15) is 32.9 Å². The molecule has 114 valence electrons. The molecular weight excluding hydrogens is 248 g/mol. The summed E-state index contributed by atoms with van der Waals surface area (Å²) in [5.74, 6) is 1.10. The molecule has 0 aliphatic carbocycles. The Morgan fingerprint density at radius 3 is 2.40 bits per heavy atom. The second-order valence-electron chi connectivity index (χ2n) is 4.98. The molecule has 0 fully saturated rings. The van der Waals surface area contributed by atoms with Gasteiger partial charge in [-0.2, -0.15) is 0 Å². The Bertz CT molecular complexity index is 363. The lowest BCUT2D eigenvalue weighted by Crippen LogP contribution is -2.30. The predicted octanol–water partition coefficient (Wildman–Crippen LogP) is 2.36. The molecular formula is C16H30N4. The van der Waals surface area contributed by atoms with Crippen molar-refractivity contribution in [2.45, 2.75) is 33.7 Å². The fourth-order valence-corrected chi connectivity index (χ4v) is 2.38. The van der Waals surface area contributed by atoms with E-state index in [1.807, 2.05) is 7.05 Å². The van der Waals surface area contributed by atoms with Crippen LogP contribution >= 0.6 is 0 Å². The summed E-state index contributed by atoms with van der Waals surface area (Å²) < 4.78 is 0. The Morgan fingerprint density at radius 2 is 1.80 bits per heavy atom. The molecule has 0 unspecified atom stereocenters. The Labute approximate surface area is 124 Å². The van der Waals surface area contributed by atoms with Gasteiger partial charge in [-0.05, 0) is 52.2 Å². The number of aromatic nitrogens is 1. The first-order chi connectivity index (χ1) is 9.74. The molecule has 0 atom stereocenters. The van der Waals surface area contributed by atoms with Crippen LogP contribution in [0, 0.1) is 0 Å². The highest BCUT2D eigenvalue weighted by Gasteiger charge is 2.07. The minimum absolute atomic E-state index is 0.824. The van der Waals surface area contributed by atoms with Crippen LogP contribution in [-0.2, 0) is 6.54 Å². The summed E-state index contributed by atoms with van der Waals surface area (Å²) in [5.41, 5.74) is 1.10. The second kappa shape index (κ2) is 9.72. The molecule has 0 saturated carbocycles. The van der Waals surface area contributed by atoms with Gasteiger partial charge in [-0.15, -0.1) is 0 Å². The summed E-state index contributed by atoms with van der Waals surface area (Å²) in [6, 6.07) is 6.28. The van der Waals surface area contributed by atoms with E-state index in [9.17, 15) is 0 Å². The Morgan fingerprint density at radius 1 is 1.05 bits per heavy atom. The molecule has 0 spiro atoms. The van der Waals surface area contributed by atoms with E-state index in [0.29, 0.717) is 0 Å². The molecule has 1 heterocycles. The fraction of sp³-hybridized carbons (Fsp3) is 0.688. The lowest BCUT2D eigenvalue weighted by atomic mass is 10.3. The van der Waals surface area contributed by atoms with E-state index in [1.54, 1.807) is 0 Å². The first-order valence-electron chi connectivity index (χ1n) is 7.82. The van der Waals surface area contributed by atoms with Crippen molar-refractivity contribution in [1.29, 1.82) is 0 Å². The highest BCUT2D eigenvalue weighted by Crippen LogP contribution is 2.12. The highest BCUT2D eigenvalue weighted by atomic mass is 15.2. The van der Waals surface area contributed by atoms with Crippen molar-refractivity contribution < 1.29 is 0 Å². The van der Waals surface area contributed by atoms with Crippen LogP contribution in [-0.4, -0.2) is 49.7 Å². The van der Waals surface area contributed by atoms with Gasteiger partial charge in [0.05, 0.1) is 5.69 Å². The molecule has 0 aromatic carbocycles. The third-order valence-corrected chi connectivity index (χ3v) is 3.65. The van der Waals surface area contributed by atoms with Gasteiger partial charge in [0.2, 0.25) is 0 Å². The standard InChI is InChI=1S/C16H30N4/c1-5-19(6-2)12-9-13-20(7-3)16-11-8-10-15(18-16)14-17-4/h8,10-11,17H,5-7,9,12-14H2,1-4H3. The topological polar surface area (TPSA) is 31.4 Å². The molecule has 0 saturated heterocycles. The van der Waals surface area contributed by atoms with Crippen molar-refractivity contribution in [3.05, 3.63) is 23.9 Å². The second-order valence-corrected chi connectivity index (χ2v) is 4.98. The maximum atomic E-state index is 4.72. The smallest absolute Gasteiger partial charge is 0.128 e. The fourth-order valence-electron chi connectivity index (χ4n) is 2.38. The monoisotopic (exact) mass is 278 g/mol.